The summed E-state index contributed by atoms with van der Waals surface area (Å²) >= 11 is 0. The Morgan fingerprint density at radius 2 is 2.00 bits per heavy atom. The van der Waals surface area contributed by atoms with Crippen LogP contribution in [0.2, 0.25) is 0 Å². The molecular formula is C19H30N8O. The van der Waals surface area contributed by atoms with Crippen molar-refractivity contribution < 1.29 is 4.79 Å². The van der Waals surface area contributed by atoms with Crippen LogP contribution in [-0.4, -0.2) is 85.1 Å². The quantitative estimate of drug-likeness (QED) is 0.687. The summed E-state index contributed by atoms with van der Waals surface area (Å²) in [5.74, 6) is 0.781. The maximum Gasteiger partial charge on any atom is 0.244 e. The molecule has 1 amide bonds. The fraction of sp³-hybridized carbons (Fsp3) is 0.632. The molecule has 9 nitrogen and oxygen atoms in total. The zero-order valence-electron chi connectivity index (χ0n) is 17.2. The normalized spacial score (nSPS) is 15.6. The fourth-order valence-electron chi connectivity index (χ4n) is 3.14. The number of carbonyl (C=O) groups is 1. The Labute approximate surface area is 166 Å². The van der Waals surface area contributed by atoms with Crippen molar-refractivity contribution >= 4 is 5.91 Å². The van der Waals surface area contributed by atoms with Crippen LogP contribution in [-0.2, 0) is 24.4 Å². The summed E-state index contributed by atoms with van der Waals surface area (Å²) in [4.78, 5) is 23.6. The highest BCUT2D eigenvalue weighted by atomic mass is 16.2. The lowest BCUT2D eigenvalue weighted by Gasteiger charge is -2.34. The van der Waals surface area contributed by atoms with E-state index in [1.807, 2.05) is 24.2 Å². The summed E-state index contributed by atoms with van der Waals surface area (Å²) in [5.41, 5.74) is 2.31. The molecule has 1 aliphatic heterocycles. The first kappa shape index (κ1) is 20.3. The number of nitrogens with zero attached hydrogens (tertiary/aromatic N) is 8. The summed E-state index contributed by atoms with van der Waals surface area (Å²) < 4.78 is 1.62. The van der Waals surface area contributed by atoms with Gasteiger partial charge in [-0.15, -0.1) is 5.10 Å². The molecule has 2 aromatic heterocycles. The van der Waals surface area contributed by atoms with E-state index < -0.39 is 0 Å². The van der Waals surface area contributed by atoms with Crippen LogP contribution in [0.25, 0.3) is 0 Å². The van der Waals surface area contributed by atoms with Gasteiger partial charge in [-0.2, -0.15) is 0 Å². The first-order chi connectivity index (χ1) is 13.4. The van der Waals surface area contributed by atoms with Crippen molar-refractivity contribution in [3.05, 3.63) is 35.4 Å². The molecule has 152 valence electrons. The molecule has 0 saturated carbocycles. The van der Waals surface area contributed by atoms with Crippen LogP contribution in [0.15, 0.2) is 18.3 Å². The maximum atomic E-state index is 12.7. The van der Waals surface area contributed by atoms with E-state index in [0.29, 0.717) is 31.5 Å². The molecule has 0 aliphatic carbocycles. The second kappa shape index (κ2) is 9.20. The molecular weight excluding hydrogens is 356 g/mol. The minimum atomic E-state index is 0.0643. The molecule has 1 fully saturated rings. The van der Waals surface area contributed by atoms with Crippen LogP contribution < -0.4 is 0 Å². The molecule has 3 heterocycles. The molecule has 0 atom stereocenters. The zero-order chi connectivity index (χ0) is 20.1. The van der Waals surface area contributed by atoms with E-state index in [9.17, 15) is 4.79 Å². The van der Waals surface area contributed by atoms with Crippen LogP contribution >= 0.6 is 0 Å². The molecule has 0 aromatic carbocycles. The largest absolute Gasteiger partial charge is 0.339 e. The lowest BCUT2D eigenvalue weighted by molar-refractivity contribution is -0.134. The molecule has 0 N–H and O–H groups in total. The molecule has 9 heteroatoms. The average molecular weight is 387 g/mol. The van der Waals surface area contributed by atoms with E-state index in [0.717, 1.165) is 25.3 Å². The second-order valence-corrected chi connectivity index (χ2v) is 7.69. The van der Waals surface area contributed by atoms with Crippen LogP contribution in [0.1, 0.15) is 30.9 Å². The predicted octanol–water partition coefficient (Wildman–Crippen LogP) is 0.561. The summed E-state index contributed by atoms with van der Waals surface area (Å²) in [5, 5.41) is 11.8. The fourth-order valence-corrected chi connectivity index (χ4v) is 3.14. The van der Waals surface area contributed by atoms with E-state index >= 15 is 0 Å². The number of carbonyl (C=O) groups excluding carboxylic acids is 1. The molecule has 0 spiro atoms. The minimum Gasteiger partial charge on any atom is -0.339 e. The van der Waals surface area contributed by atoms with Crippen LogP contribution in [0.4, 0.5) is 0 Å². The molecule has 0 radical (unpaired) electrons. The first-order valence-electron chi connectivity index (χ1n) is 9.80. The van der Waals surface area contributed by atoms with Gasteiger partial charge in [0, 0.05) is 45.0 Å². The molecule has 1 saturated heterocycles. The second-order valence-electron chi connectivity index (χ2n) is 7.69. The molecule has 0 unspecified atom stereocenters. The molecule has 1 aliphatic rings. The third kappa shape index (κ3) is 5.11. The Morgan fingerprint density at radius 3 is 2.68 bits per heavy atom. The summed E-state index contributed by atoms with van der Waals surface area (Å²) in [6.07, 6.45) is 1.84. The van der Waals surface area contributed by atoms with Crippen molar-refractivity contribution in [1.82, 2.24) is 39.9 Å². The Kier molecular flexibility index (Phi) is 6.69. The van der Waals surface area contributed by atoms with Gasteiger partial charge in [0.1, 0.15) is 6.54 Å². The molecule has 28 heavy (non-hydrogen) atoms. The predicted molar refractivity (Wildman–Crippen MR) is 105 cm³/mol. The number of amides is 1. The van der Waals surface area contributed by atoms with Gasteiger partial charge >= 0.3 is 0 Å². The number of aromatic nitrogens is 5. The molecule has 3 rings (SSSR count). The van der Waals surface area contributed by atoms with Crippen LogP contribution in [0, 0.1) is 6.92 Å². The van der Waals surface area contributed by atoms with Gasteiger partial charge in [-0.3, -0.25) is 19.6 Å². The number of tetrazole rings is 1. The van der Waals surface area contributed by atoms with Gasteiger partial charge in [0.15, 0.2) is 5.82 Å². The first-order valence-corrected chi connectivity index (χ1v) is 9.80. The Morgan fingerprint density at radius 1 is 1.25 bits per heavy atom. The van der Waals surface area contributed by atoms with Crippen molar-refractivity contribution in [2.75, 3.05) is 33.2 Å². The van der Waals surface area contributed by atoms with Gasteiger partial charge in [-0.05, 0) is 49.9 Å². The SMILES string of the molecule is Cc1cccnc1CN1CCN(C(=O)Cn2nnnc2CN(C)C(C)C)CC1. The van der Waals surface area contributed by atoms with E-state index in [-0.39, 0.29) is 12.5 Å². The standard InChI is InChI=1S/C19H30N8O/c1-15(2)24(4)13-18-21-22-23-27(18)14-19(28)26-10-8-25(9-11-26)12-17-16(3)6-5-7-20-17/h5-7,15H,8-14H2,1-4H3. The summed E-state index contributed by atoms with van der Waals surface area (Å²) in [6.45, 7) is 11.1. The van der Waals surface area contributed by atoms with E-state index in [2.05, 4.69) is 57.1 Å². The highest BCUT2D eigenvalue weighted by molar-refractivity contribution is 5.76. The zero-order valence-corrected chi connectivity index (χ0v) is 17.2. The maximum absolute atomic E-state index is 12.7. The lowest BCUT2D eigenvalue weighted by atomic mass is 10.2. The number of rotatable bonds is 7. The molecule has 2 aromatic rings. The topological polar surface area (TPSA) is 83.3 Å². The van der Waals surface area contributed by atoms with E-state index in [4.69, 9.17) is 0 Å². The van der Waals surface area contributed by atoms with Gasteiger partial charge < -0.3 is 4.90 Å². The van der Waals surface area contributed by atoms with E-state index in [1.165, 1.54) is 5.56 Å². The highest BCUT2D eigenvalue weighted by Gasteiger charge is 2.23. The Bertz CT molecular complexity index is 782. The number of piperazine rings is 1. The smallest absolute Gasteiger partial charge is 0.244 e. The number of aryl methyl sites for hydroxylation is 1. The van der Waals surface area contributed by atoms with Gasteiger partial charge in [0.25, 0.3) is 0 Å². The minimum absolute atomic E-state index is 0.0643. The monoisotopic (exact) mass is 386 g/mol. The van der Waals surface area contributed by atoms with Gasteiger partial charge in [-0.25, -0.2) is 4.68 Å². The number of hydrogen-bond acceptors (Lipinski definition) is 7. The third-order valence-electron chi connectivity index (χ3n) is 5.38. The van der Waals surface area contributed by atoms with Crippen LogP contribution in [0.3, 0.4) is 0 Å². The highest BCUT2D eigenvalue weighted by Crippen LogP contribution is 2.11. The third-order valence-corrected chi connectivity index (χ3v) is 5.38. The van der Waals surface area contributed by atoms with Crippen molar-refractivity contribution in [2.24, 2.45) is 0 Å². The van der Waals surface area contributed by atoms with Gasteiger partial charge in [0.05, 0.1) is 12.2 Å². The van der Waals surface area contributed by atoms with Crippen molar-refractivity contribution in [3.63, 3.8) is 0 Å². The summed E-state index contributed by atoms with van der Waals surface area (Å²) in [7, 11) is 2.02. The average Bonchev–Trinajstić information content (AvgIpc) is 3.10. The van der Waals surface area contributed by atoms with Crippen molar-refractivity contribution in [3.8, 4) is 0 Å². The molecule has 0 bridgehead atoms. The van der Waals surface area contributed by atoms with Crippen LogP contribution in [0.5, 0.6) is 0 Å². The van der Waals surface area contributed by atoms with Crippen molar-refractivity contribution in [1.29, 1.82) is 0 Å². The van der Waals surface area contributed by atoms with Crippen molar-refractivity contribution in [2.45, 2.75) is 46.4 Å². The number of hydrogen-bond donors (Lipinski definition) is 0. The van der Waals surface area contributed by atoms with E-state index in [1.54, 1.807) is 4.68 Å². The number of pyridine rings is 1. The lowest BCUT2D eigenvalue weighted by Crippen LogP contribution is -2.49. The van der Waals surface area contributed by atoms with Gasteiger partial charge in [-0.1, -0.05) is 6.07 Å². The Balaban J connectivity index is 1.51. The van der Waals surface area contributed by atoms with Gasteiger partial charge in [0.2, 0.25) is 5.91 Å². The Hall–Kier alpha value is -2.39. The summed E-state index contributed by atoms with van der Waals surface area (Å²) in [6, 6.07) is 4.43.